The minimum Gasteiger partial charge on any atom is -0.292 e. The Labute approximate surface area is 498 Å². The molecular weight excluding hydrogens is 1050 g/mol. The molecule has 14 aromatic rings. The summed E-state index contributed by atoms with van der Waals surface area (Å²) in [6.07, 6.45) is 10.5. The Morgan fingerprint density at radius 1 is 0.400 bits per heavy atom. The molecule has 4 aliphatic rings. The van der Waals surface area contributed by atoms with Gasteiger partial charge in [-0.05, 0) is 114 Å². The topological polar surface area (TPSA) is 56.5 Å². The zero-order valence-corrected chi connectivity index (χ0v) is 48.2. The van der Waals surface area contributed by atoms with Crippen LogP contribution in [-0.4, -0.2) is 25.0 Å². The highest BCUT2D eigenvalue weighted by molar-refractivity contribution is 6.34. The van der Waals surface area contributed by atoms with Gasteiger partial charge in [0.2, 0.25) is 0 Å². The lowest BCUT2D eigenvalue weighted by atomic mass is 9.82. The molecule has 6 heteroatoms. The summed E-state index contributed by atoms with van der Waals surface area (Å²) in [5, 5.41) is 30.7. The zero-order valence-electron chi connectivity index (χ0n) is 47.5. The third-order valence-corrected chi connectivity index (χ3v) is 18.6. The molecule has 0 unspecified atom stereocenters. The minimum absolute atomic E-state index is 0.0302. The maximum absolute atomic E-state index is 6.24. The van der Waals surface area contributed by atoms with Crippen LogP contribution < -0.4 is 0 Å². The van der Waals surface area contributed by atoms with Crippen LogP contribution in [0, 0.1) is 6.08 Å². The summed E-state index contributed by atoms with van der Waals surface area (Å²) >= 11 is 6.24. The van der Waals surface area contributed by atoms with Crippen LogP contribution in [0.15, 0.2) is 254 Å². The lowest BCUT2D eigenvalue weighted by Crippen LogP contribution is -2.15. The van der Waals surface area contributed by atoms with Gasteiger partial charge in [-0.15, -0.1) is 20.4 Å². The number of hydrogen-bond acceptors (Lipinski definition) is 4. The van der Waals surface area contributed by atoms with E-state index < -0.39 is 0 Å². The van der Waals surface area contributed by atoms with Gasteiger partial charge in [0, 0.05) is 72.3 Å². The summed E-state index contributed by atoms with van der Waals surface area (Å²) in [5.41, 5.74) is 22.4. The summed E-state index contributed by atoms with van der Waals surface area (Å²) in [5.74, 6) is 0.852. The Balaban J connectivity index is 0.000000116. The van der Waals surface area contributed by atoms with Gasteiger partial charge < -0.3 is 0 Å². The molecule has 0 saturated carbocycles. The number of rotatable bonds is 3. The maximum atomic E-state index is 6.24. The smallest absolute Gasteiger partial charge is 0.168 e. The van der Waals surface area contributed by atoms with Crippen molar-refractivity contribution in [3.05, 3.63) is 299 Å². The van der Waals surface area contributed by atoms with E-state index in [1.807, 2.05) is 24.3 Å². The summed E-state index contributed by atoms with van der Waals surface area (Å²) in [6, 6.07) is 82.4. The quantitative estimate of drug-likeness (QED) is 0.165. The molecule has 0 spiro atoms. The van der Waals surface area contributed by atoms with E-state index in [4.69, 9.17) is 21.8 Å². The Morgan fingerprint density at radius 2 is 0.894 bits per heavy atom. The van der Waals surface area contributed by atoms with Crippen molar-refractivity contribution in [3.8, 4) is 50.6 Å². The standard InChI is InChI=1S/C39H27N3.C23H17ClN2.C17H11/c1-39(2)33-17-9-7-13-27(33)28-20-19-26(22-34(28)39)37-30-15-5-6-16-31(30)38(41-40-37)42-35-18-10-8-14-29(35)32-21-24-11-3-4-12-25(24)23-36(32)42;1-23(2)19-10-6-5-7-15(19)16-12-11-14(13-20(16)23)21-17-8-3-4-9-18(17)22(24)26-25-21;1-2-6-13-11-17-15(9-12(13)5-1)10-14-7-3-4-8-16(14)17/h3-23H,1-2H3;3-13H,1-2H3;1-2,4-9,11H,10H2/q;;+1. The number of halogens is 1. The molecule has 0 radical (unpaired) electrons. The molecule has 11 aromatic carbocycles. The largest absolute Gasteiger partial charge is 0.292 e. The Morgan fingerprint density at radius 3 is 1.54 bits per heavy atom. The summed E-state index contributed by atoms with van der Waals surface area (Å²) < 4.78 is 2.29. The van der Waals surface area contributed by atoms with E-state index in [-0.39, 0.29) is 10.8 Å². The molecule has 0 saturated heterocycles. The first-order chi connectivity index (χ1) is 41.6. The number of hydrogen-bond donors (Lipinski definition) is 0. The van der Waals surface area contributed by atoms with Crippen molar-refractivity contribution in [2.24, 2.45) is 0 Å². The van der Waals surface area contributed by atoms with Crippen molar-refractivity contribution in [1.29, 1.82) is 0 Å². The monoisotopic (exact) mass is 1110 g/mol. The summed E-state index contributed by atoms with van der Waals surface area (Å²) in [7, 11) is 0. The highest BCUT2D eigenvalue weighted by atomic mass is 35.5. The predicted octanol–water partition coefficient (Wildman–Crippen LogP) is 20.2. The molecule has 3 aromatic heterocycles. The average Bonchev–Trinajstić information content (AvgIpc) is 1.80. The second kappa shape index (κ2) is 19.5. The number of aromatic nitrogens is 5. The first kappa shape index (κ1) is 50.6. The van der Waals surface area contributed by atoms with Crippen LogP contribution in [0.3, 0.4) is 0 Å². The fourth-order valence-corrected chi connectivity index (χ4v) is 14.3. The molecule has 0 N–H and O–H groups in total. The molecule has 0 bridgehead atoms. The molecular formula is C79H55ClN5+. The normalized spacial score (nSPS) is 14.3. The third kappa shape index (κ3) is 8.03. The van der Waals surface area contributed by atoms with E-state index in [0.29, 0.717) is 5.15 Å². The molecule has 0 fully saturated rings. The molecule has 5 nitrogen and oxygen atoms in total. The van der Waals surface area contributed by atoms with Gasteiger partial charge in [-0.2, -0.15) is 0 Å². The highest BCUT2D eigenvalue weighted by Gasteiger charge is 2.37. The summed E-state index contributed by atoms with van der Waals surface area (Å²) in [4.78, 5) is 0. The van der Waals surface area contributed by atoms with Crippen LogP contribution >= 0.6 is 11.6 Å². The van der Waals surface area contributed by atoms with Crippen molar-refractivity contribution >= 4 is 82.1 Å². The minimum atomic E-state index is -0.0726. The number of nitrogens with zero attached hydrogens (tertiary/aromatic N) is 5. The fraction of sp³-hybridized carbons (Fsp3) is 0.0886. The Hall–Kier alpha value is -10.2. The van der Waals surface area contributed by atoms with Gasteiger partial charge in [0.15, 0.2) is 11.0 Å². The number of allylic oxidation sites excluding steroid dienone is 6. The van der Waals surface area contributed by atoms with Gasteiger partial charge >= 0.3 is 0 Å². The average molecular weight is 1110 g/mol. The fourth-order valence-electron chi connectivity index (χ4n) is 14.1. The van der Waals surface area contributed by atoms with E-state index >= 15 is 0 Å². The van der Waals surface area contributed by atoms with Crippen LogP contribution in [0.1, 0.15) is 61.1 Å². The van der Waals surface area contributed by atoms with E-state index in [0.717, 1.165) is 67.3 Å². The SMILES string of the molecule is CC1(C)c2ccccc2-c2ccc(-c3nnc(-n4c5ccccc5c5cc6ccccc6cc54)c4ccccc34)cc21.CC1(C)c2ccccc2-c2ccc(-c3nnc(Cl)c4ccccc34)cc21.[C+]1=CC2=C(C=C1)c1cc3ccccc3cc1C2. The van der Waals surface area contributed by atoms with E-state index in [2.05, 4.69) is 273 Å². The third-order valence-electron chi connectivity index (χ3n) is 18.4. The van der Waals surface area contributed by atoms with Gasteiger partial charge in [0.25, 0.3) is 0 Å². The number of fused-ring (bicyclic) bond motifs is 15. The molecule has 4 aliphatic carbocycles. The molecule has 0 amide bonds. The van der Waals surface area contributed by atoms with Gasteiger partial charge in [0.1, 0.15) is 23.5 Å². The van der Waals surface area contributed by atoms with Crippen molar-refractivity contribution in [3.63, 3.8) is 0 Å². The Kier molecular flexibility index (Phi) is 11.6. The van der Waals surface area contributed by atoms with Gasteiger partial charge in [-0.25, -0.2) is 0 Å². The molecule has 402 valence electrons. The molecule has 0 atom stereocenters. The van der Waals surface area contributed by atoms with Crippen LogP contribution in [0.4, 0.5) is 0 Å². The van der Waals surface area contributed by atoms with Crippen LogP contribution in [0.5, 0.6) is 0 Å². The van der Waals surface area contributed by atoms with E-state index in [9.17, 15) is 0 Å². The lowest BCUT2D eigenvalue weighted by Gasteiger charge is -2.22. The first-order valence-electron chi connectivity index (χ1n) is 29.2. The van der Waals surface area contributed by atoms with Gasteiger partial charge in [-0.3, -0.25) is 4.57 Å². The lowest BCUT2D eigenvalue weighted by molar-refractivity contribution is 0.660. The predicted molar refractivity (Wildman–Crippen MR) is 353 cm³/mol. The summed E-state index contributed by atoms with van der Waals surface area (Å²) in [6.45, 7) is 9.21. The zero-order chi connectivity index (χ0) is 57.1. The second-order valence-corrected chi connectivity index (χ2v) is 24.2. The van der Waals surface area contributed by atoms with Crippen molar-refractivity contribution < 1.29 is 0 Å². The van der Waals surface area contributed by atoms with Crippen LogP contribution in [-0.2, 0) is 17.3 Å². The van der Waals surface area contributed by atoms with Crippen LogP contribution in [0.25, 0.3) is 121 Å². The molecule has 0 aliphatic heterocycles. The molecule has 3 heterocycles. The van der Waals surface area contributed by atoms with Crippen molar-refractivity contribution in [2.75, 3.05) is 0 Å². The van der Waals surface area contributed by atoms with E-state index in [1.165, 1.54) is 99.1 Å². The van der Waals surface area contributed by atoms with Gasteiger partial charge in [0.05, 0.1) is 28.3 Å². The van der Waals surface area contributed by atoms with Gasteiger partial charge in [-0.1, -0.05) is 227 Å². The molecule has 85 heavy (non-hydrogen) atoms. The molecule has 18 rings (SSSR count). The Bertz CT molecular complexity index is 5250. The van der Waals surface area contributed by atoms with E-state index in [1.54, 1.807) is 0 Å². The number of benzene rings is 11. The maximum Gasteiger partial charge on any atom is 0.168 e. The first-order valence-corrected chi connectivity index (χ1v) is 29.6. The number of para-hydroxylation sites is 1. The van der Waals surface area contributed by atoms with Crippen molar-refractivity contribution in [2.45, 2.75) is 44.9 Å². The van der Waals surface area contributed by atoms with Crippen molar-refractivity contribution in [1.82, 2.24) is 25.0 Å². The van der Waals surface area contributed by atoms with Crippen LogP contribution in [0.2, 0.25) is 5.15 Å². The second-order valence-electron chi connectivity index (χ2n) is 23.9. The highest BCUT2D eigenvalue weighted by Crippen LogP contribution is 2.52.